The smallest absolute Gasteiger partial charge is 0.250 e. The van der Waals surface area contributed by atoms with Gasteiger partial charge in [0, 0.05) is 52.1 Å². The molecule has 1 aliphatic rings. The lowest BCUT2D eigenvalue weighted by molar-refractivity contribution is -0.132. The van der Waals surface area contributed by atoms with Crippen LogP contribution < -0.4 is 10.2 Å². The third-order valence-electron chi connectivity index (χ3n) is 4.88. The number of hydrogen-bond donors (Lipinski definition) is 1. The van der Waals surface area contributed by atoms with Crippen molar-refractivity contribution in [3.8, 4) is 0 Å². The van der Waals surface area contributed by atoms with Crippen molar-refractivity contribution < 1.29 is 14.3 Å². The van der Waals surface area contributed by atoms with Crippen LogP contribution in [0.25, 0.3) is 0 Å². The second-order valence-corrected chi connectivity index (χ2v) is 7.16. The van der Waals surface area contributed by atoms with Gasteiger partial charge in [-0.1, -0.05) is 19.3 Å². The lowest BCUT2D eigenvalue weighted by Crippen LogP contribution is -2.39. The zero-order valence-corrected chi connectivity index (χ0v) is 16.4. The summed E-state index contributed by atoms with van der Waals surface area (Å²) in [6.45, 7) is 2.22. The Morgan fingerprint density at radius 2 is 1.88 bits per heavy atom. The van der Waals surface area contributed by atoms with Crippen LogP contribution in [0.5, 0.6) is 0 Å². The maximum atomic E-state index is 12.3. The Bertz CT molecular complexity index is 625. The van der Waals surface area contributed by atoms with Gasteiger partial charge in [0.05, 0.1) is 0 Å². The molecule has 0 atom stereocenters. The van der Waals surface area contributed by atoms with E-state index in [1.54, 1.807) is 6.92 Å². The highest BCUT2D eigenvalue weighted by molar-refractivity contribution is 5.92. The Kier molecular flexibility index (Phi) is 7.45. The first-order valence-corrected chi connectivity index (χ1v) is 9.28. The highest BCUT2D eigenvalue weighted by Crippen LogP contribution is 2.28. The average molecular weight is 361 g/mol. The summed E-state index contributed by atoms with van der Waals surface area (Å²) in [6, 6.07) is 6.13. The number of anilines is 2. The molecule has 2 amide bonds. The van der Waals surface area contributed by atoms with E-state index in [1.165, 1.54) is 26.4 Å². The molecule has 0 unspecified atom stereocenters. The average Bonchev–Trinajstić information content (AvgIpc) is 2.60. The molecule has 1 saturated carbocycles. The Morgan fingerprint density at radius 1 is 1.19 bits per heavy atom. The molecule has 0 saturated heterocycles. The van der Waals surface area contributed by atoms with Gasteiger partial charge in [-0.25, -0.2) is 0 Å². The maximum absolute atomic E-state index is 12.3. The van der Waals surface area contributed by atoms with Gasteiger partial charge in [0.1, 0.15) is 6.61 Å². The van der Waals surface area contributed by atoms with Gasteiger partial charge >= 0.3 is 0 Å². The Morgan fingerprint density at radius 3 is 2.46 bits per heavy atom. The molecule has 1 N–H and O–H groups in total. The number of hydrogen-bond acceptors (Lipinski definition) is 4. The number of nitrogens with zero attached hydrogens (tertiary/aromatic N) is 2. The number of methoxy groups -OCH3 is 1. The summed E-state index contributed by atoms with van der Waals surface area (Å²) in [7, 11) is 5.47. The van der Waals surface area contributed by atoms with Crippen molar-refractivity contribution >= 4 is 23.2 Å². The number of carbonyl (C=O) groups is 2. The Hall–Kier alpha value is -2.08. The maximum Gasteiger partial charge on any atom is 0.250 e. The van der Waals surface area contributed by atoms with Gasteiger partial charge in [-0.05, 0) is 36.6 Å². The van der Waals surface area contributed by atoms with Crippen LogP contribution in [0.1, 0.15) is 44.6 Å². The topological polar surface area (TPSA) is 61.9 Å². The molecular weight excluding hydrogens is 330 g/mol. The predicted octanol–water partition coefficient (Wildman–Crippen LogP) is 3.02. The monoisotopic (exact) mass is 361 g/mol. The van der Waals surface area contributed by atoms with Crippen LogP contribution in [0.15, 0.2) is 18.2 Å². The van der Waals surface area contributed by atoms with Crippen molar-refractivity contribution in [3.63, 3.8) is 0 Å². The van der Waals surface area contributed by atoms with E-state index in [-0.39, 0.29) is 18.4 Å². The molecule has 0 bridgehead atoms. The number of benzene rings is 1. The van der Waals surface area contributed by atoms with Crippen LogP contribution in [0.3, 0.4) is 0 Å². The normalized spacial score (nSPS) is 14.8. The summed E-state index contributed by atoms with van der Waals surface area (Å²) in [6.07, 6.45) is 5.76. The minimum Gasteiger partial charge on any atom is -0.377 e. The van der Waals surface area contributed by atoms with Crippen molar-refractivity contribution in [2.75, 3.05) is 38.0 Å². The van der Waals surface area contributed by atoms with Gasteiger partial charge in [0.25, 0.3) is 0 Å². The van der Waals surface area contributed by atoms with Gasteiger partial charge in [-0.2, -0.15) is 0 Å². The molecule has 1 aliphatic carbocycles. The van der Waals surface area contributed by atoms with Crippen molar-refractivity contribution in [2.45, 2.75) is 51.6 Å². The van der Waals surface area contributed by atoms with E-state index in [0.29, 0.717) is 12.6 Å². The van der Waals surface area contributed by atoms with Crippen LogP contribution >= 0.6 is 0 Å². The number of nitrogens with one attached hydrogen (secondary N) is 1. The summed E-state index contributed by atoms with van der Waals surface area (Å²) < 4.78 is 4.87. The van der Waals surface area contributed by atoms with Crippen LogP contribution in [-0.2, 0) is 20.9 Å². The number of rotatable bonds is 7. The summed E-state index contributed by atoms with van der Waals surface area (Å²) in [5.74, 6) is -0.0813. The molecule has 0 heterocycles. The Balaban J connectivity index is 2.25. The minimum absolute atomic E-state index is 0.0202. The minimum atomic E-state index is -0.188. The molecular formula is C20H31N3O3. The van der Waals surface area contributed by atoms with Crippen molar-refractivity contribution in [2.24, 2.45) is 0 Å². The fraction of sp³-hybridized carbons (Fsp3) is 0.600. The second kappa shape index (κ2) is 9.57. The predicted molar refractivity (Wildman–Crippen MR) is 104 cm³/mol. The third kappa shape index (κ3) is 5.46. The molecule has 1 aromatic carbocycles. The van der Waals surface area contributed by atoms with Crippen LogP contribution in [0.4, 0.5) is 11.4 Å². The van der Waals surface area contributed by atoms with Crippen molar-refractivity contribution in [1.82, 2.24) is 4.90 Å². The van der Waals surface area contributed by atoms with Crippen molar-refractivity contribution in [1.29, 1.82) is 0 Å². The van der Waals surface area contributed by atoms with E-state index >= 15 is 0 Å². The van der Waals surface area contributed by atoms with E-state index in [2.05, 4.69) is 5.32 Å². The molecule has 1 aromatic rings. The Labute approximate surface area is 156 Å². The van der Waals surface area contributed by atoms with Gasteiger partial charge in [-0.3, -0.25) is 9.59 Å². The highest BCUT2D eigenvalue weighted by Gasteiger charge is 2.24. The summed E-state index contributed by atoms with van der Waals surface area (Å²) in [5, 5.41) is 2.85. The second-order valence-electron chi connectivity index (χ2n) is 7.16. The lowest BCUT2D eigenvalue weighted by Gasteiger charge is -2.34. The van der Waals surface area contributed by atoms with Gasteiger partial charge in [0.2, 0.25) is 11.8 Å². The number of amides is 2. The first kappa shape index (κ1) is 20.2. The van der Waals surface area contributed by atoms with Gasteiger partial charge in [-0.15, -0.1) is 0 Å². The van der Waals surface area contributed by atoms with Gasteiger partial charge < -0.3 is 19.9 Å². The molecule has 6 heteroatoms. The van der Waals surface area contributed by atoms with E-state index in [0.717, 1.165) is 29.8 Å². The summed E-state index contributed by atoms with van der Waals surface area (Å²) in [4.78, 5) is 28.1. The molecule has 144 valence electrons. The molecule has 0 aliphatic heterocycles. The first-order chi connectivity index (χ1) is 12.4. The fourth-order valence-corrected chi connectivity index (χ4v) is 3.63. The highest BCUT2D eigenvalue weighted by atomic mass is 16.5. The summed E-state index contributed by atoms with van der Waals surface area (Å²) >= 11 is 0. The zero-order valence-electron chi connectivity index (χ0n) is 16.4. The fourth-order valence-electron chi connectivity index (χ4n) is 3.63. The molecule has 0 radical (unpaired) electrons. The van der Waals surface area contributed by atoms with Crippen LogP contribution in [0.2, 0.25) is 0 Å². The third-order valence-corrected chi connectivity index (χ3v) is 4.88. The molecule has 1 fully saturated rings. The standard InChI is InChI=1S/C20H31N3O3/c1-15(24)23(18-8-6-5-7-9-18)13-16-12-17(21-20(25)14-26-4)10-11-19(16)22(2)3/h10-12,18H,5-9,13-14H2,1-4H3,(H,21,25). The number of carbonyl (C=O) groups excluding carboxylic acids is 2. The van der Waals surface area contributed by atoms with Gasteiger partial charge in [0.15, 0.2) is 0 Å². The van der Waals surface area contributed by atoms with E-state index < -0.39 is 0 Å². The van der Waals surface area contributed by atoms with Crippen LogP contribution in [0, 0.1) is 0 Å². The van der Waals surface area contributed by atoms with Crippen molar-refractivity contribution in [3.05, 3.63) is 23.8 Å². The van der Waals surface area contributed by atoms with Crippen LogP contribution in [-0.4, -0.2) is 50.6 Å². The number of ether oxygens (including phenoxy) is 1. The zero-order chi connectivity index (χ0) is 19.1. The lowest BCUT2D eigenvalue weighted by atomic mass is 9.93. The molecule has 26 heavy (non-hydrogen) atoms. The van der Waals surface area contributed by atoms with E-state index in [1.807, 2.05) is 42.1 Å². The first-order valence-electron chi connectivity index (χ1n) is 9.28. The SMILES string of the molecule is COCC(=O)Nc1ccc(N(C)C)c(CN(C(C)=O)C2CCCCC2)c1. The molecule has 6 nitrogen and oxygen atoms in total. The molecule has 0 aromatic heterocycles. The molecule has 2 rings (SSSR count). The van der Waals surface area contributed by atoms with E-state index in [4.69, 9.17) is 4.74 Å². The largest absolute Gasteiger partial charge is 0.377 e. The summed E-state index contributed by atoms with van der Waals surface area (Å²) in [5.41, 5.74) is 2.81. The molecule has 0 spiro atoms. The quantitative estimate of drug-likeness (QED) is 0.811. The van der Waals surface area contributed by atoms with E-state index in [9.17, 15) is 9.59 Å².